The van der Waals surface area contributed by atoms with E-state index in [1.54, 1.807) is 14.2 Å². The van der Waals surface area contributed by atoms with Crippen LogP contribution in [-0.4, -0.2) is 30.7 Å². The van der Waals surface area contributed by atoms with E-state index in [-0.39, 0.29) is 6.04 Å². The molecular weight excluding hydrogens is 266 g/mol. The summed E-state index contributed by atoms with van der Waals surface area (Å²) >= 11 is 0. The van der Waals surface area contributed by atoms with Gasteiger partial charge < -0.3 is 14.8 Å². The van der Waals surface area contributed by atoms with Gasteiger partial charge in [-0.1, -0.05) is 13.0 Å². The lowest BCUT2D eigenvalue weighted by Gasteiger charge is -2.20. The molecular formula is C16H21N3O2. The van der Waals surface area contributed by atoms with E-state index < -0.39 is 0 Å². The van der Waals surface area contributed by atoms with Crippen molar-refractivity contribution in [1.82, 2.24) is 15.3 Å². The number of nitrogens with zero attached hydrogens (tertiary/aromatic N) is 2. The van der Waals surface area contributed by atoms with Crippen molar-refractivity contribution in [2.75, 3.05) is 20.8 Å². The summed E-state index contributed by atoms with van der Waals surface area (Å²) in [5.74, 6) is 1.42. The van der Waals surface area contributed by atoms with E-state index in [2.05, 4.69) is 35.2 Å². The Balaban J connectivity index is 2.42. The van der Waals surface area contributed by atoms with Crippen molar-refractivity contribution in [3.63, 3.8) is 0 Å². The SMILES string of the molecule is CCNC(c1cc(OC)ncn1)c1ccc(OC)cc1C. The summed E-state index contributed by atoms with van der Waals surface area (Å²) in [6.45, 7) is 4.98. The molecule has 1 aromatic heterocycles. The summed E-state index contributed by atoms with van der Waals surface area (Å²) in [6, 6.07) is 7.91. The second-order valence-corrected chi connectivity index (χ2v) is 4.70. The molecule has 2 aromatic rings. The highest BCUT2D eigenvalue weighted by Gasteiger charge is 2.18. The van der Waals surface area contributed by atoms with Crippen molar-refractivity contribution in [3.05, 3.63) is 47.4 Å². The number of aromatic nitrogens is 2. The zero-order valence-corrected chi connectivity index (χ0v) is 12.9. The lowest BCUT2D eigenvalue weighted by molar-refractivity contribution is 0.395. The Morgan fingerprint density at radius 1 is 1.14 bits per heavy atom. The van der Waals surface area contributed by atoms with Crippen LogP contribution < -0.4 is 14.8 Å². The molecule has 0 saturated heterocycles. The zero-order chi connectivity index (χ0) is 15.2. The molecule has 5 heteroatoms. The highest BCUT2D eigenvalue weighted by molar-refractivity contribution is 5.40. The molecule has 0 aliphatic heterocycles. The van der Waals surface area contributed by atoms with Gasteiger partial charge in [0, 0.05) is 6.07 Å². The molecule has 1 heterocycles. The second kappa shape index (κ2) is 7.04. The van der Waals surface area contributed by atoms with Gasteiger partial charge in [0.05, 0.1) is 26.0 Å². The van der Waals surface area contributed by atoms with Gasteiger partial charge in [-0.25, -0.2) is 9.97 Å². The fraction of sp³-hybridized carbons (Fsp3) is 0.375. The number of rotatable bonds is 6. The van der Waals surface area contributed by atoms with Crippen LogP contribution in [0.2, 0.25) is 0 Å². The molecule has 21 heavy (non-hydrogen) atoms. The lowest BCUT2D eigenvalue weighted by atomic mass is 9.98. The molecule has 0 aliphatic carbocycles. The Morgan fingerprint density at radius 3 is 2.57 bits per heavy atom. The number of nitrogens with one attached hydrogen (secondary N) is 1. The van der Waals surface area contributed by atoms with Crippen molar-refractivity contribution in [1.29, 1.82) is 0 Å². The standard InChI is InChI=1S/C16H21N3O2/c1-5-17-16(14-9-15(21-4)19-10-18-14)13-7-6-12(20-3)8-11(13)2/h6-10,16-17H,5H2,1-4H3. The Morgan fingerprint density at radius 2 is 1.95 bits per heavy atom. The monoisotopic (exact) mass is 287 g/mol. The first-order valence-electron chi connectivity index (χ1n) is 6.93. The minimum atomic E-state index is -0.00203. The summed E-state index contributed by atoms with van der Waals surface area (Å²) in [5.41, 5.74) is 3.20. The van der Waals surface area contributed by atoms with Crippen molar-refractivity contribution in [3.8, 4) is 11.6 Å². The quantitative estimate of drug-likeness (QED) is 0.884. The summed E-state index contributed by atoms with van der Waals surface area (Å²) in [7, 11) is 3.28. The Bertz CT molecular complexity index is 602. The summed E-state index contributed by atoms with van der Waals surface area (Å²) < 4.78 is 10.5. The van der Waals surface area contributed by atoms with Crippen LogP contribution in [0.3, 0.4) is 0 Å². The molecule has 5 nitrogen and oxygen atoms in total. The fourth-order valence-electron chi connectivity index (χ4n) is 2.30. The smallest absolute Gasteiger partial charge is 0.216 e. The summed E-state index contributed by atoms with van der Waals surface area (Å²) in [5, 5.41) is 3.46. The maximum Gasteiger partial charge on any atom is 0.216 e. The first-order chi connectivity index (χ1) is 10.2. The van der Waals surface area contributed by atoms with E-state index in [9.17, 15) is 0 Å². The van der Waals surface area contributed by atoms with Gasteiger partial charge in [0.15, 0.2) is 0 Å². The van der Waals surface area contributed by atoms with E-state index in [0.29, 0.717) is 5.88 Å². The van der Waals surface area contributed by atoms with Gasteiger partial charge in [-0.15, -0.1) is 0 Å². The topological polar surface area (TPSA) is 56.3 Å². The highest BCUT2D eigenvalue weighted by atomic mass is 16.5. The number of benzene rings is 1. The molecule has 1 N–H and O–H groups in total. The summed E-state index contributed by atoms with van der Waals surface area (Å²) in [4.78, 5) is 8.44. The Hall–Kier alpha value is -2.14. The van der Waals surface area contributed by atoms with Crippen LogP contribution in [0.4, 0.5) is 0 Å². The number of aryl methyl sites for hydroxylation is 1. The normalized spacial score (nSPS) is 12.0. The molecule has 0 amide bonds. The van der Waals surface area contributed by atoms with Crippen LogP contribution in [-0.2, 0) is 0 Å². The minimum Gasteiger partial charge on any atom is -0.497 e. The maximum atomic E-state index is 5.27. The minimum absolute atomic E-state index is 0.00203. The number of hydrogen-bond acceptors (Lipinski definition) is 5. The van der Waals surface area contributed by atoms with Gasteiger partial charge in [0.1, 0.15) is 12.1 Å². The van der Waals surface area contributed by atoms with Gasteiger partial charge in [-0.05, 0) is 36.7 Å². The third-order valence-corrected chi connectivity index (χ3v) is 3.36. The Labute approximate surface area is 125 Å². The number of methoxy groups -OCH3 is 2. The third kappa shape index (κ3) is 3.49. The largest absolute Gasteiger partial charge is 0.497 e. The van der Waals surface area contributed by atoms with Crippen LogP contribution in [0.25, 0.3) is 0 Å². The van der Waals surface area contributed by atoms with Gasteiger partial charge in [0.2, 0.25) is 5.88 Å². The molecule has 0 bridgehead atoms. The molecule has 0 radical (unpaired) electrons. The molecule has 1 unspecified atom stereocenters. The van der Waals surface area contributed by atoms with Crippen LogP contribution in [0.1, 0.15) is 29.8 Å². The molecule has 0 spiro atoms. The molecule has 0 fully saturated rings. The van der Waals surface area contributed by atoms with E-state index in [1.807, 2.05) is 18.2 Å². The number of ether oxygens (including phenoxy) is 2. The molecule has 1 aromatic carbocycles. The zero-order valence-electron chi connectivity index (χ0n) is 12.9. The van der Waals surface area contributed by atoms with E-state index in [4.69, 9.17) is 9.47 Å². The lowest BCUT2D eigenvalue weighted by Crippen LogP contribution is -2.24. The Kier molecular flexibility index (Phi) is 5.11. The fourth-order valence-corrected chi connectivity index (χ4v) is 2.30. The van der Waals surface area contributed by atoms with Crippen molar-refractivity contribution in [2.45, 2.75) is 19.9 Å². The third-order valence-electron chi connectivity index (χ3n) is 3.36. The first-order valence-corrected chi connectivity index (χ1v) is 6.93. The van der Waals surface area contributed by atoms with Gasteiger partial charge in [-0.2, -0.15) is 0 Å². The molecule has 0 aliphatic rings. The van der Waals surface area contributed by atoms with E-state index in [0.717, 1.165) is 23.6 Å². The summed E-state index contributed by atoms with van der Waals surface area (Å²) in [6.07, 6.45) is 1.53. The average molecular weight is 287 g/mol. The molecule has 1 atom stereocenters. The number of hydrogen-bond donors (Lipinski definition) is 1. The molecule has 0 saturated carbocycles. The second-order valence-electron chi connectivity index (χ2n) is 4.70. The maximum absolute atomic E-state index is 5.27. The van der Waals surface area contributed by atoms with E-state index >= 15 is 0 Å². The first kappa shape index (κ1) is 15.3. The van der Waals surface area contributed by atoms with Crippen LogP contribution in [0, 0.1) is 6.92 Å². The van der Waals surface area contributed by atoms with Gasteiger partial charge in [0.25, 0.3) is 0 Å². The predicted octanol–water partition coefficient (Wildman–Crippen LogP) is 2.50. The van der Waals surface area contributed by atoms with Crippen molar-refractivity contribution in [2.24, 2.45) is 0 Å². The van der Waals surface area contributed by atoms with Crippen LogP contribution in [0.5, 0.6) is 11.6 Å². The van der Waals surface area contributed by atoms with Crippen molar-refractivity contribution < 1.29 is 9.47 Å². The highest BCUT2D eigenvalue weighted by Crippen LogP contribution is 2.27. The predicted molar refractivity (Wildman–Crippen MR) is 81.8 cm³/mol. The van der Waals surface area contributed by atoms with Crippen LogP contribution >= 0.6 is 0 Å². The van der Waals surface area contributed by atoms with Crippen molar-refractivity contribution >= 4 is 0 Å². The van der Waals surface area contributed by atoms with Gasteiger partial charge >= 0.3 is 0 Å². The average Bonchev–Trinajstić information content (AvgIpc) is 2.53. The molecule has 2 rings (SSSR count). The van der Waals surface area contributed by atoms with Crippen LogP contribution in [0.15, 0.2) is 30.6 Å². The molecule has 112 valence electrons. The van der Waals surface area contributed by atoms with E-state index in [1.165, 1.54) is 11.9 Å². The van der Waals surface area contributed by atoms with Gasteiger partial charge in [-0.3, -0.25) is 0 Å².